The van der Waals surface area contributed by atoms with Crippen molar-refractivity contribution >= 4 is 33.2 Å². The lowest BCUT2D eigenvalue weighted by Crippen LogP contribution is -2.14. The first-order valence-electron chi connectivity index (χ1n) is 5.35. The summed E-state index contributed by atoms with van der Waals surface area (Å²) in [6.07, 6.45) is 1.53. The zero-order valence-corrected chi connectivity index (χ0v) is 11.4. The second-order valence-corrected chi connectivity index (χ2v) is 4.78. The van der Waals surface area contributed by atoms with Gasteiger partial charge in [0, 0.05) is 10.2 Å². The Hall–Kier alpha value is -1.88. The highest BCUT2D eigenvalue weighted by Gasteiger charge is 2.10. The number of aryl methyl sites for hydroxylation is 1. The molecule has 3 N–H and O–H groups in total. The highest BCUT2D eigenvalue weighted by atomic mass is 79.9. The second kappa shape index (κ2) is 5.18. The van der Waals surface area contributed by atoms with Crippen LogP contribution >= 0.6 is 15.9 Å². The first-order chi connectivity index (χ1) is 8.56. The molecule has 92 valence electrons. The Labute approximate surface area is 113 Å². The molecular weight excluding hydrogens is 294 g/mol. The van der Waals surface area contributed by atoms with Crippen molar-refractivity contribution in [2.45, 2.75) is 6.92 Å². The number of pyridine rings is 1. The molecule has 1 aromatic carbocycles. The molecule has 2 aromatic rings. The average Bonchev–Trinajstić information content (AvgIpc) is 2.35. The molecule has 1 aromatic heterocycles. The van der Waals surface area contributed by atoms with Crippen molar-refractivity contribution in [3.8, 4) is 0 Å². The van der Waals surface area contributed by atoms with E-state index in [4.69, 9.17) is 5.73 Å². The lowest BCUT2D eigenvalue weighted by atomic mass is 10.1. The van der Waals surface area contributed by atoms with Crippen molar-refractivity contribution in [2.75, 3.05) is 11.1 Å². The maximum atomic E-state index is 12.1. The fraction of sp³-hybridized carbons (Fsp3) is 0.0769. The number of rotatable bonds is 2. The van der Waals surface area contributed by atoms with Crippen LogP contribution in [0.15, 0.2) is 41.0 Å². The molecule has 0 bridgehead atoms. The van der Waals surface area contributed by atoms with Gasteiger partial charge < -0.3 is 11.1 Å². The lowest BCUT2D eigenvalue weighted by molar-refractivity contribution is 0.102. The van der Waals surface area contributed by atoms with Crippen LogP contribution in [-0.2, 0) is 0 Å². The average molecular weight is 306 g/mol. The van der Waals surface area contributed by atoms with Crippen molar-refractivity contribution in [1.29, 1.82) is 0 Å². The van der Waals surface area contributed by atoms with Gasteiger partial charge >= 0.3 is 0 Å². The van der Waals surface area contributed by atoms with E-state index in [2.05, 4.69) is 26.2 Å². The zero-order valence-electron chi connectivity index (χ0n) is 9.77. The van der Waals surface area contributed by atoms with Crippen molar-refractivity contribution in [2.24, 2.45) is 0 Å². The SMILES string of the molecule is Cc1ncc(N)cc1C(=O)Nc1ccc(Br)cc1. The summed E-state index contributed by atoms with van der Waals surface area (Å²) >= 11 is 3.34. The monoisotopic (exact) mass is 305 g/mol. The minimum Gasteiger partial charge on any atom is -0.397 e. The van der Waals surface area contributed by atoms with Gasteiger partial charge in [-0.2, -0.15) is 0 Å². The predicted molar refractivity (Wildman–Crippen MR) is 75.5 cm³/mol. The molecule has 1 heterocycles. The van der Waals surface area contributed by atoms with E-state index in [9.17, 15) is 4.79 Å². The molecule has 18 heavy (non-hydrogen) atoms. The molecule has 5 heteroatoms. The van der Waals surface area contributed by atoms with Crippen LogP contribution in [0.25, 0.3) is 0 Å². The maximum Gasteiger partial charge on any atom is 0.257 e. The number of nitrogens with two attached hydrogens (primary N) is 1. The van der Waals surface area contributed by atoms with Gasteiger partial charge in [0.2, 0.25) is 0 Å². The molecule has 4 nitrogen and oxygen atoms in total. The Morgan fingerprint density at radius 1 is 1.33 bits per heavy atom. The van der Waals surface area contributed by atoms with Crippen LogP contribution in [0.5, 0.6) is 0 Å². The molecule has 0 aliphatic rings. The molecule has 0 unspecified atom stereocenters. The van der Waals surface area contributed by atoms with E-state index in [1.165, 1.54) is 6.20 Å². The largest absolute Gasteiger partial charge is 0.397 e. The molecule has 1 amide bonds. The first-order valence-corrected chi connectivity index (χ1v) is 6.14. The first kappa shape index (κ1) is 12.6. The summed E-state index contributed by atoms with van der Waals surface area (Å²) in [6.45, 7) is 1.77. The van der Waals surface area contributed by atoms with Gasteiger partial charge in [0.05, 0.1) is 23.1 Å². The van der Waals surface area contributed by atoms with E-state index >= 15 is 0 Å². The van der Waals surface area contributed by atoms with Gasteiger partial charge in [-0.15, -0.1) is 0 Å². The molecule has 2 rings (SSSR count). The van der Waals surface area contributed by atoms with E-state index in [0.29, 0.717) is 16.9 Å². The Morgan fingerprint density at radius 2 is 2.00 bits per heavy atom. The molecule has 0 aliphatic carbocycles. The number of benzene rings is 1. The van der Waals surface area contributed by atoms with Crippen LogP contribution in [0.4, 0.5) is 11.4 Å². The Balaban J connectivity index is 2.21. The summed E-state index contributed by atoms with van der Waals surface area (Å²) in [5, 5.41) is 2.80. The number of nitrogens with zero attached hydrogens (tertiary/aromatic N) is 1. The van der Waals surface area contributed by atoms with E-state index in [0.717, 1.165) is 10.2 Å². The molecule has 0 radical (unpaired) electrons. The number of anilines is 2. The van der Waals surface area contributed by atoms with Crippen molar-refractivity contribution < 1.29 is 4.79 Å². The summed E-state index contributed by atoms with van der Waals surface area (Å²) in [6, 6.07) is 8.98. The third-order valence-electron chi connectivity index (χ3n) is 2.45. The molecule has 0 atom stereocenters. The molecule has 0 saturated carbocycles. The van der Waals surface area contributed by atoms with Gasteiger partial charge in [0.1, 0.15) is 0 Å². The number of amides is 1. The van der Waals surface area contributed by atoms with Crippen LogP contribution < -0.4 is 11.1 Å². The summed E-state index contributed by atoms with van der Waals surface area (Å²) in [5.41, 5.74) is 7.97. The minimum atomic E-state index is -0.213. The minimum absolute atomic E-state index is 0.213. The third kappa shape index (κ3) is 2.87. The summed E-state index contributed by atoms with van der Waals surface area (Å²) in [4.78, 5) is 16.1. The molecule has 0 saturated heterocycles. The van der Waals surface area contributed by atoms with Gasteiger partial charge in [-0.1, -0.05) is 15.9 Å². The summed E-state index contributed by atoms with van der Waals surface area (Å²) in [7, 11) is 0. The van der Waals surface area contributed by atoms with Gasteiger partial charge in [-0.05, 0) is 37.3 Å². The fourth-order valence-corrected chi connectivity index (χ4v) is 1.78. The van der Waals surface area contributed by atoms with Crippen LogP contribution in [0, 0.1) is 6.92 Å². The van der Waals surface area contributed by atoms with E-state index in [1.54, 1.807) is 13.0 Å². The molecule has 0 spiro atoms. The number of halogens is 1. The van der Waals surface area contributed by atoms with Gasteiger partial charge in [-0.3, -0.25) is 9.78 Å². The van der Waals surface area contributed by atoms with Crippen LogP contribution in [-0.4, -0.2) is 10.9 Å². The summed E-state index contributed by atoms with van der Waals surface area (Å²) < 4.78 is 0.960. The number of hydrogen-bond acceptors (Lipinski definition) is 3. The van der Waals surface area contributed by atoms with Gasteiger partial charge in [0.15, 0.2) is 0 Å². The van der Waals surface area contributed by atoms with E-state index in [1.807, 2.05) is 24.3 Å². The normalized spacial score (nSPS) is 10.1. The Morgan fingerprint density at radius 3 is 2.67 bits per heavy atom. The number of hydrogen-bond donors (Lipinski definition) is 2. The highest BCUT2D eigenvalue weighted by Crippen LogP contribution is 2.16. The molecular formula is C13H12BrN3O. The zero-order chi connectivity index (χ0) is 13.1. The number of nitrogen functional groups attached to an aromatic ring is 1. The number of carbonyl (C=O) groups excluding carboxylic acids is 1. The predicted octanol–water partition coefficient (Wildman–Crippen LogP) is 2.99. The third-order valence-corrected chi connectivity index (χ3v) is 2.98. The van der Waals surface area contributed by atoms with Crippen molar-refractivity contribution in [3.05, 3.63) is 52.3 Å². The number of nitrogens with one attached hydrogen (secondary N) is 1. The number of aromatic nitrogens is 1. The number of carbonyl (C=O) groups is 1. The van der Waals surface area contributed by atoms with Crippen LogP contribution in [0.2, 0.25) is 0 Å². The van der Waals surface area contributed by atoms with Crippen molar-refractivity contribution in [1.82, 2.24) is 4.98 Å². The highest BCUT2D eigenvalue weighted by molar-refractivity contribution is 9.10. The fourth-order valence-electron chi connectivity index (χ4n) is 1.51. The van der Waals surface area contributed by atoms with Crippen LogP contribution in [0.3, 0.4) is 0 Å². The lowest BCUT2D eigenvalue weighted by Gasteiger charge is -2.07. The topological polar surface area (TPSA) is 68.0 Å². The van der Waals surface area contributed by atoms with Crippen molar-refractivity contribution in [3.63, 3.8) is 0 Å². The Bertz CT molecular complexity index is 581. The van der Waals surface area contributed by atoms with Gasteiger partial charge in [0.25, 0.3) is 5.91 Å². The second-order valence-electron chi connectivity index (χ2n) is 3.86. The standard InChI is InChI=1S/C13H12BrN3O/c1-8-12(6-10(15)7-16-8)13(18)17-11-4-2-9(14)3-5-11/h2-7H,15H2,1H3,(H,17,18). The maximum absolute atomic E-state index is 12.1. The van der Waals surface area contributed by atoms with E-state index < -0.39 is 0 Å². The smallest absolute Gasteiger partial charge is 0.257 e. The molecule has 0 aliphatic heterocycles. The molecule has 0 fully saturated rings. The van der Waals surface area contributed by atoms with E-state index in [-0.39, 0.29) is 5.91 Å². The quantitative estimate of drug-likeness (QED) is 0.896. The van der Waals surface area contributed by atoms with Crippen LogP contribution in [0.1, 0.15) is 16.1 Å². The van der Waals surface area contributed by atoms with Gasteiger partial charge in [-0.25, -0.2) is 0 Å². The summed E-state index contributed by atoms with van der Waals surface area (Å²) in [5.74, 6) is -0.213. The Kier molecular flexibility index (Phi) is 3.62.